The van der Waals surface area contributed by atoms with E-state index in [2.05, 4.69) is 21.2 Å². The zero-order valence-electron chi connectivity index (χ0n) is 8.59. The smallest absolute Gasteiger partial charge is 0.255 e. The molecule has 0 spiro atoms. The summed E-state index contributed by atoms with van der Waals surface area (Å²) in [5.41, 5.74) is 1.26. The van der Waals surface area contributed by atoms with Gasteiger partial charge in [-0.25, -0.2) is 0 Å². The number of halogens is 1. The van der Waals surface area contributed by atoms with Gasteiger partial charge in [0.05, 0.1) is 5.56 Å². The van der Waals surface area contributed by atoms with Crippen molar-refractivity contribution in [3.8, 4) is 5.75 Å². The molecule has 82 valence electrons. The maximum Gasteiger partial charge on any atom is 0.255 e. The molecule has 1 aromatic rings. The number of alkyl halides is 1. The van der Waals surface area contributed by atoms with E-state index in [0.29, 0.717) is 12.1 Å². The fourth-order valence-electron chi connectivity index (χ4n) is 1.20. The van der Waals surface area contributed by atoms with E-state index in [0.717, 1.165) is 17.3 Å². The Labute approximate surface area is 97.6 Å². The number of hydrogen-bond acceptors (Lipinski definition) is 2. The SMILES string of the molecule is Cc1ccc(C(=O)NCCCBr)c(O)c1. The van der Waals surface area contributed by atoms with Crippen LogP contribution in [0.15, 0.2) is 18.2 Å². The number of benzene rings is 1. The molecule has 0 atom stereocenters. The topological polar surface area (TPSA) is 49.3 Å². The van der Waals surface area contributed by atoms with Crippen LogP contribution in [0, 0.1) is 6.92 Å². The first-order valence-electron chi connectivity index (χ1n) is 4.79. The van der Waals surface area contributed by atoms with Crippen molar-refractivity contribution in [2.45, 2.75) is 13.3 Å². The third-order valence-corrected chi connectivity index (χ3v) is 2.55. The summed E-state index contributed by atoms with van der Waals surface area (Å²) < 4.78 is 0. The zero-order chi connectivity index (χ0) is 11.3. The number of aryl methyl sites for hydroxylation is 1. The number of phenolic OH excluding ortho intramolecular Hbond substituents is 1. The quantitative estimate of drug-likeness (QED) is 0.652. The lowest BCUT2D eigenvalue weighted by Crippen LogP contribution is -2.24. The molecule has 0 aliphatic rings. The number of rotatable bonds is 4. The maximum atomic E-state index is 11.6. The first-order valence-corrected chi connectivity index (χ1v) is 5.91. The third kappa shape index (κ3) is 3.55. The van der Waals surface area contributed by atoms with Gasteiger partial charge in [-0.2, -0.15) is 0 Å². The Hall–Kier alpha value is -1.03. The lowest BCUT2D eigenvalue weighted by atomic mass is 10.1. The monoisotopic (exact) mass is 271 g/mol. The molecule has 1 aromatic carbocycles. The molecular weight excluding hydrogens is 258 g/mol. The van der Waals surface area contributed by atoms with E-state index in [1.165, 1.54) is 0 Å². The van der Waals surface area contributed by atoms with E-state index in [9.17, 15) is 9.90 Å². The van der Waals surface area contributed by atoms with Crippen molar-refractivity contribution in [3.63, 3.8) is 0 Å². The van der Waals surface area contributed by atoms with Crippen molar-refractivity contribution in [2.75, 3.05) is 11.9 Å². The first-order chi connectivity index (χ1) is 7.15. The molecule has 0 bridgehead atoms. The number of amides is 1. The molecule has 0 fully saturated rings. The van der Waals surface area contributed by atoms with Gasteiger partial charge in [0.25, 0.3) is 5.91 Å². The zero-order valence-corrected chi connectivity index (χ0v) is 10.2. The number of carbonyl (C=O) groups excluding carboxylic acids is 1. The van der Waals surface area contributed by atoms with Crippen molar-refractivity contribution in [3.05, 3.63) is 29.3 Å². The van der Waals surface area contributed by atoms with Gasteiger partial charge in [0, 0.05) is 11.9 Å². The van der Waals surface area contributed by atoms with Crippen molar-refractivity contribution in [1.82, 2.24) is 5.32 Å². The number of aromatic hydroxyl groups is 1. The molecule has 0 saturated carbocycles. The van der Waals surface area contributed by atoms with E-state index in [4.69, 9.17) is 0 Å². The van der Waals surface area contributed by atoms with Crippen LogP contribution in [0.2, 0.25) is 0 Å². The lowest BCUT2D eigenvalue weighted by Gasteiger charge is -2.06. The van der Waals surface area contributed by atoms with Crippen LogP contribution in [0.3, 0.4) is 0 Å². The number of carbonyl (C=O) groups is 1. The molecule has 0 heterocycles. The highest BCUT2D eigenvalue weighted by molar-refractivity contribution is 9.09. The van der Waals surface area contributed by atoms with Gasteiger partial charge >= 0.3 is 0 Å². The summed E-state index contributed by atoms with van der Waals surface area (Å²) in [6.45, 7) is 2.48. The normalized spacial score (nSPS) is 10.0. The van der Waals surface area contributed by atoms with Crippen LogP contribution in [-0.4, -0.2) is 22.9 Å². The molecule has 0 saturated heterocycles. The molecule has 2 N–H and O–H groups in total. The minimum absolute atomic E-state index is 0.0337. The molecule has 0 unspecified atom stereocenters. The number of hydrogen-bond donors (Lipinski definition) is 2. The predicted molar refractivity (Wildman–Crippen MR) is 63.6 cm³/mol. The van der Waals surface area contributed by atoms with Gasteiger partial charge in [0.15, 0.2) is 0 Å². The van der Waals surface area contributed by atoms with Crippen LogP contribution in [-0.2, 0) is 0 Å². The van der Waals surface area contributed by atoms with Crippen LogP contribution in [0.25, 0.3) is 0 Å². The van der Waals surface area contributed by atoms with Gasteiger partial charge < -0.3 is 10.4 Å². The van der Waals surface area contributed by atoms with Gasteiger partial charge in [-0.15, -0.1) is 0 Å². The fraction of sp³-hybridized carbons (Fsp3) is 0.364. The molecule has 3 nitrogen and oxygen atoms in total. The van der Waals surface area contributed by atoms with Crippen LogP contribution < -0.4 is 5.32 Å². The van der Waals surface area contributed by atoms with Crippen molar-refractivity contribution in [1.29, 1.82) is 0 Å². The van der Waals surface area contributed by atoms with E-state index in [1.54, 1.807) is 18.2 Å². The van der Waals surface area contributed by atoms with Crippen LogP contribution in [0.5, 0.6) is 5.75 Å². The lowest BCUT2D eigenvalue weighted by molar-refractivity contribution is 0.0951. The Morgan fingerprint density at radius 2 is 2.27 bits per heavy atom. The highest BCUT2D eigenvalue weighted by Crippen LogP contribution is 2.17. The van der Waals surface area contributed by atoms with Gasteiger partial charge in [0.2, 0.25) is 0 Å². The van der Waals surface area contributed by atoms with E-state index in [-0.39, 0.29) is 11.7 Å². The summed E-state index contributed by atoms with van der Waals surface area (Å²) in [5.74, 6) is -0.195. The van der Waals surface area contributed by atoms with Gasteiger partial charge in [-0.1, -0.05) is 22.0 Å². The second kappa shape index (κ2) is 5.75. The van der Waals surface area contributed by atoms with E-state index in [1.807, 2.05) is 6.92 Å². The second-order valence-corrected chi connectivity index (χ2v) is 4.11. The van der Waals surface area contributed by atoms with Crippen molar-refractivity contribution in [2.24, 2.45) is 0 Å². The van der Waals surface area contributed by atoms with Crippen LogP contribution >= 0.6 is 15.9 Å². The first kappa shape index (κ1) is 12.0. The molecular formula is C11H14BrNO2. The van der Waals surface area contributed by atoms with Gasteiger partial charge in [-0.05, 0) is 31.0 Å². The largest absolute Gasteiger partial charge is 0.507 e. The maximum absolute atomic E-state index is 11.6. The Morgan fingerprint density at radius 1 is 1.53 bits per heavy atom. The molecule has 0 aromatic heterocycles. The van der Waals surface area contributed by atoms with Gasteiger partial charge in [0.1, 0.15) is 5.75 Å². The summed E-state index contributed by atoms with van der Waals surface area (Å²) in [4.78, 5) is 11.6. The van der Waals surface area contributed by atoms with Crippen molar-refractivity contribution < 1.29 is 9.90 Å². The van der Waals surface area contributed by atoms with E-state index < -0.39 is 0 Å². The predicted octanol–water partition coefficient (Wildman–Crippen LogP) is 2.22. The van der Waals surface area contributed by atoms with E-state index >= 15 is 0 Å². The Bertz CT molecular complexity index is 352. The summed E-state index contributed by atoms with van der Waals surface area (Å²) in [6.07, 6.45) is 0.873. The highest BCUT2D eigenvalue weighted by Gasteiger charge is 2.09. The molecule has 0 aliphatic heterocycles. The summed E-state index contributed by atoms with van der Waals surface area (Å²) >= 11 is 3.28. The fourth-order valence-corrected chi connectivity index (χ4v) is 1.48. The summed E-state index contributed by atoms with van der Waals surface area (Å²) in [7, 11) is 0. The number of phenols is 1. The minimum atomic E-state index is -0.228. The molecule has 0 radical (unpaired) electrons. The Balaban J connectivity index is 2.65. The molecule has 1 amide bonds. The summed E-state index contributed by atoms with van der Waals surface area (Å²) in [5, 5.41) is 13.1. The molecule has 15 heavy (non-hydrogen) atoms. The molecule has 4 heteroatoms. The Kier molecular flexibility index (Phi) is 4.62. The van der Waals surface area contributed by atoms with Crippen molar-refractivity contribution >= 4 is 21.8 Å². The second-order valence-electron chi connectivity index (χ2n) is 3.32. The number of nitrogens with one attached hydrogen (secondary N) is 1. The average Bonchev–Trinajstić information content (AvgIpc) is 2.17. The molecule has 0 aliphatic carbocycles. The highest BCUT2D eigenvalue weighted by atomic mass is 79.9. The minimum Gasteiger partial charge on any atom is -0.507 e. The van der Waals surface area contributed by atoms with Gasteiger partial charge in [-0.3, -0.25) is 4.79 Å². The van der Waals surface area contributed by atoms with Crippen LogP contribution in [0.4, 0.5) is 0 Å². The standard InChI is InChI=1S/C11H14BrNO2/c1-8-3-4-9(10(14)7-8)11(15)13-6-2-5-12/h3-4,7,14H,2,5-6H2,1H3,(H,13,15). The third-order valence-electron chi connectivity index (χ3n) is 1.99. The Morgan fingerprint density at radius 3 is 2.87 bits per heavy atom. The summed E-state index contributed by atoms with van der Waals surface area (Å²) in [6, 6.07) is 5.02. The van der Waals surface area contributed by atoms with Crippen LogP contribution in [0.1, 0.15) is 22.3 Å². The average molecular weight is 272 g/mol. The molecule has 1 rings (SSSR count).